The van der Waals surface area contributed by atoms with E-state index in [0.29, 0.717) is 5.92 Å². The van der Waals surface area contributed by atoms with Crippen LogP contribution in [-0.4, -0.2) is 24.2 Å². The zero-order chi connectivity index (χ0) is 12.3. The Balaban J connectivity index is 1.95. The minimum Gasteiger partial charge on any atom is -0.481 e. The van der Waals surface area contributed by atoms with Crippen LogP contribution in [0.1, 0.15) is 19.3 Å². The standard InChI is InChI=1S/C13H16ClNO2/c14-11-3-1-2-4-12(11)15-7-5-10(6-8-15)9-13(16)17/h1-4,10H,5-9H2,(H,16,17). The van der Waals surface area contributed by atoms with Gasteiger partial charge in [0.2, 0.25) is 0 Å². The van der Waals surface area contributed by atoms with Gasteiger partial charge in [0.05, 0.1) is 10.7 Å². The lowest BCUT2D eigenvalue weighted by Crippen LogP contribution is -2.34. The van der Waals surface area contributed by atoms with Crippen LogP contribution in [0.5, 0.6) is 0 Å². The van der Waals surface area contributed by atoms with Gasteiger partial charge in [-0.1, -0.05) is 23.7 Å². The van der Waals surface area contributed by atoms with Crippen molar-refractivity contribution in [1.82, 2.24) is 0 Å². The molecule has 0 unspecified atom stereocenters. The van der Waals surface area contributed by atoms with E-state index < -0.39 is 5.97 Å². The van der Waals surface area contributed by atoms with Crippen LogP contribution in [0.2, 0.25) is 5.02 Å². The van der Waals surface area contributed by atoms with E-state index in [1.807, 2.05) is 24.3 Å². The van der Waals surface area contributed by atoms with E-state index in [0.717, 1.165) is 36.6 Å². The summed E-state index contributed by atoms with van der Waals surface area (Å²) in [6.45, 7) is 1.78. The number of anilines is 1. The average Bonchev–Trinajstić information content (AvgIpc) is 2.30. The number of aliphatic carboxylic acids is 1. The molecule has 0 spiro atoms. The van der Waals surface area contributed by atoms with E-state index in [4.69, 9.17) is 16.7 Å². The fourth-order valence-electron chi connectivity index (χ4n) is 2.33. The summed E-state index contributed by atoms with van der Waals surface area (Å²) in [5.41, 5.74) is 1.06. The van der Waals surface area contributed by atoms with E-state index in [-0.39, 0.29) is 6.42 Å². The van der Waals surface area contributed by atoms with E-state index in [9.17, 15) is 4.79 Å². The van der Waals surface area contributed by atoms with Crippen LogP contribution in [0, 0.1) is 5.92 Å². The second-order valence-corrected chi connectivity index (χ2v) is 4.89. The van der Waals surface area contributed by atoms with Crippen LogP contribution in [0.25, 0.3) is 0 Å². The van der Waals surface area contributed by atoms with Gasteiger partial charge in [-0.2, -0.15) is 0 Å². The highest BCUT2D eigenvalue weighted by Crippen LogP contribution is 2.30. The number of hydrogen-bond donors (Lipinski definition) is 1. The lowest BCUT2D eigenvalue weighted by molar-refractivity contribution is -0.138. The molecule has 1 aliphatic rings. The van der Waals surface area contributed by atoms with Gasteiger partial charge in [0.25, 0.3) is 0 Å². The summed E-state index contributed by atoms with van der Waals surface area (Å²) in [5.74, 6) is -0.382. The highest BCUT2D eigenvalue weighted by molar-refractivity contribution is 6.33. The number of nitrogens with zero attached hydrogens (tertiary/aromatic N) is 1. The van der Waals surface area contributed by atoms with Gasteiger partial charge in [-0.15, -0.1) is 0 Å². The molecule has 17 heavy (non-hydrogen) atoms. The third kappa shape index (κ3) is 3.13. The summed E-state index contributed by atoms with van der Waals surface area (Å²) in [6, 6.07) is 7.80. The molecule has 0 aliphatic carbocycles. The molecule has 0 amide bonds. The summed E-state index contributed by atoms with van der Waals surface area (Å²) in [6.07, 6.45) is 2.14. The molecule has 1 aromatic rings. The Kier molecular flexibility index (Phi) is 3.89. The molecular formula is C13H16ClNO2. The first-order valence-electron chi connectivity index (χ1n) is 5.88. The highest BCUT2D eigenvalue weighted by Gasteiger charge is 2.22. The molecule has 1 aliphatic heterocycles. The van der Waals surface area contributed by atoms with Crippen LogP contribution in [0.3, 0.4) is 0 Å². The highest BCUT2D eigenvalue weighted by atomic mass is 35.5. The van der Waals surface area contributed by atoms with Crippen LogP contribution in [0.15, 0.2) is 24.3 Å². The van der Waals surface area contributed by atoms with E-state index >= 15 is 0 Å². The zero-order valence-electron chi connectivity index (χ0n) is 9.60. The molecule has 0 radical (unpaired) electrons. The number of rotatable bonds is 3. The SMILES string of the molecule is O=C(O)CC1CCN(c2ccccc2Cl)CC1. The van der Waals surface area contributed by atoms with Crippen molar-refractivity contribution in [2.45, 2.75) is 19.3 Å². The molecule has 0 aromatic heterocycles. The third-order valence-electron chi connectivity index (χ3n) is 3.27. The number of carbonyl (C=O) groups is 1. The van der Waals surface area contributed by atoms with Gasteiger partial charge < -0.3 is 10.0 Å². The van der Waals surface area contributed by atoms with Gasteiger partial charge in [0, 0.05) is 19.5 Å². The predicted octanol–water partition coefficient (Wildman–Crippen LogP) is 3.03. The van der Waals surface area contributed by atoms with Crippen LogP contribution < -0.4 is 4.90 Å². The Morgan fingerprint density at radius 1 is 1.35 bits per heavy atom. The predicted molar refractivity (Wildman–Crippen MR) is 68.6 cm³/mol. The fraction of sp³-hybridized carbons (Fsp3) is 0.462. The second-order valence-electron chi connectivity index (χ2n) is 4.48. The molecule has 1 saturated heterocycles. The maximum Gasteiger partial charge on any atom is 0.303 e. The van der Waals surface area contributed by atoms with Gasteiger partial charge in [0.1, 0.15) is 0 Å². The summed E-state index contributed by atoms with van der Waals surface area (Å²) >= 11 is 6.14. The minimum absolute atomic E-state index is 0.288. The van der Waals surface area contributed by atoms with Crippen LogP contribution in [-0.2, 0) is 4.79 Å². The van der Waals surface area contributed by atoms with Crippen molar-refractivity contribution < 1.29 is 9.90 Å². The fourth-order valence-corrected chi connectivity index (χ4v) is 2.59. The van der Waals surface area contributed by atoms with E-state index in [1.165, 1.54) is 0 Å². The molecule has 92 valence electrons. The average molecular weight is 254 g/mol. The second kappa shape index (κ2) is 5.41. The van der Waals surface area contributed by atoms with Gasteiger partial charge in [-0.05, 0) is 30.9 Å². The van der Waals surface area contributed by atoms with Gasteiger partial charge >= 0.3 is 5.97 Å². The van der Waals surface area contributed by atoms with Crippen LogP contribution >= 0.6 is 11.6 Å². The molecule has 4 heteroatoms. The van der Waals surface area contributed by atoms with Crippen molar-refractivity contribution in [3.05, 3.63) is 29.3 Å². The van der Waals surface area contributed by atoms with Crippen molar-refractivity contribution in [2.24, 2.45) is 5.92 Å². The summed E-state index contributed by atoms with van der Waals surface area (Å²) in [5, 5.41) is 9.53. The number of benzene rings is 1. The molecule has 3 nitrogen and oxygen atoms in total. The van der Waals surface area contributed by atoms with Crippen LogP contribution in [0.4, 0.5) is 5.69 Å². The number of hydrogen-bond acceptors (Lipinski definition) is 2. The normalized spacial score (nSPS) is 17.1. The smallest absolute Gasteiger partial charge is 0.303 e. The monoisotopic (exact) mass is 253 g/mol. The number of carboxylic acids is 1. The summed E-state index contributed by atoms with van der Waals surface area (Å²) in [4.78, 5) is 12.9. The number of halogens is 1. The minimum atomic E-state index is -0.693. The molecule has 0 bridgehead atoms. The Morgan fingerprint density at radius 3 is 2.59 bits per heavy atom. The molecule has 1 aromatic carbocycles. The summed E-state index contributed by atoms with van der Waals surface area (Å²) < 4.78 is 0. The lowest BCUT2D eigenvalue weighted by atomic mass is 9.93. The quantitative estimate of drug-likeness (QED) is 0.900. The first-order valence-corrected chi connectivity index (χ1v) is 6.26. The number of piperidine rings is 1. The third-order valence-corrected chi connectivity index (χ3v) is 3.59. The summed E-state index contributed by atoms with van der Waals surface area (Å²) in [7, 11) is 0. The zero-order valence-corrected chi connectivity index (χ0v) is 10.4. The maximum absolute atomic E-state index is 10.6. The Labute approximate surface area is 106 Å². The number of carboxylic acid groups (broad SMARTS) is 1. The van der Waals surface area contributed by atoms with E-state index in [2.05, 4.69) is 4.90 Å². The Hall–Kier alpha value is -1.22. The molecule has 1 fully saturated rings. The van der Waals surface area contributed by atoms with Crippen molar-refractivity contribution in [1.29, 1.82) is 0 Å². The lowest BCUT2D eigenvalue weighted by Gasteiger charge is -2.33. The molecule has 1 N–H and O–H groups in total. The van der Waals surface area contributed by atoms with Crippen molar-refractivity contribution >= 4 is 23.3 Å². The number of para-hydroxylation sites is 1. The van der Waals surface area contributed by atoms with Crippen molar-refractivity contribution in [2.75, 3.05) is 18.0 Å². The molecule has 2 rings (SSSR count). The first kappa shape index (κ1) is 12.2. The topological polar surface area (TPSA) is 40.5 Å². The molecule has 0 atom stereocenters. The molecule has 1 heterocycles. The van der Waals surface area contributed by atoms with E-state index in [1.54, 1.807) is 0 Å². The first-order chi connectivity index (χ1) is 8.16. The Morgan fingerprint density at radius 2 is 2.00 bits per heavy atom. The molecular weight excluding hydrogens is 238 g/mol. The van der Waals surface area contributed by atoms with Gasteiger partial charge in [0.15, 0.2) is 0 Å². The molecule has 0 saturated carbocycles. The van der Waals surface area contributed by atoms with Crippen molar-refractivity contribution in [3.8, 4) is 0 Å². The Bertz CT molecular complexity index is 400. The largest absolute Gasteiger partial charge is 0.481 e. The van der Waals surface area contributed by atoms with Gasteiger partial charge in [-0.3, -0.25) is 4.79 Å². The van der Waals surface area contributed by atoms with Gasteiger partial charge in [-0.25, -0.2) is 0 Å². The maximum atomic E-state index is 10.6. The van der Waals surface area contributed by atoms with Crippen molar-refractivity contribution in [3.63, 3.8) is 0 Å².